The van der Waals surface area contributed by atoms with E-state index in [9.17, 15) is 4.79 Å². The molecular weight excluding hydrogens is 292 g/mol. The SMILES string of the molecule is COc1ccc2c(c1)C(C)(CCCBr)C(=O)CC2. The Morgan fingerprint density at radius 3 is 2.83 bits per heavy atom. The molecule has 0 heterocycles. The molecule has 0 bridgehead atoms. The second-order valence-electron chi connectivity index (χ2n) is 5.07. The number of rotatable bonds is 4. The number of carbonyl (C=O) groups excluding carboxylic acids is 1. The molecule has 0 saturated heterocycles. The van der Waals surface area contributed by atoms with Gasteiger partial charge >= 0.3 is 0 Å². The zero-order valence-corrected chi connectivity index (χ0v) is 12.5. The van der Waals surface area contributed by atoms with Crippen LogP contribution in [0.2, 0.25) is 0 Å². The molecule has 18 heavy (non-hydrogen) atoms. The number of benzene rings is 1. The molecule has 1 aliphatic carbocycles. The summed E-state index contributed by atoms with van der Waals surface area (Å²) in [4.78, 5) is 12.3. The molecule has 1 atom stereocenters. The van der Waals surface area contributed by atoms with Gasteiger partial charge in [-0.15, -0.1) is 0 Å². The molecule has 0 N–H and O–H groups in total. The minimum absolute atomic E-state index is 0.337. The predicted octanol–water partition coefficient (Wildman–Crippen LogP) is 3.64. The van der Waals surface area contributed by atoms with Crippen LogP contribution in [-0.4, -0.2) is 18.2 Å². The predicted molar refractivity (Wildman–Crippen MR) is 76.7 cm³/mol. The Labute approximate surface area is 117 Å². The Balaban J connectivity index is 2.44. The number of Topliss-reactive ketones (excluding diaryl/α,β-unsaturated/α-hetero) is 1. The van der Waals surface area contributed by atoms with Crippen molar-refractivity contribution < 1.29 is 9.53 Å². The van der Waals surface area contributed by atoms with Gasteiger partial charge in [0.1, 0.15) is 11.5 Å². The Kier molecular flexibility index (Phi) is 4.10. The van der Waals surface area contributed by atoms with E-state index in [0.29, 0.717) is 12.2 Å². The molecule has 0 fully saturated rings. The molecular formula is C15H19BrO2. The average molecular weight is 311 g/mol. The summed E-state index contributed by atoms with van der Waals surface area (Å²) in [6.45, 7) is 2.08. The van der Waals surface area contributed by atoms with Crippen LogP contribution in [-0.2, 0) is 16.6 Å². The van der Waals surface area contributed by atoms with Crippen molar-refractivity contribution >= 4 is 21.7 Å². The van der Waals surface area contributed by atoms with Crippen LogP contribution in [0.3, 0.4) is 0 Å². The lowest BCUT2D eigenvalue weighted by atomic mass is 9.68. The van der Waals surface area contributed by atoms with E-state index in [1.54, 1.807) is 7.11 Å². The molecule has 0 saturated carbocycles. The van der Waals surface area contributed by atoms with E-state index in [-0.39, 0.29) is 5.41 Å². The van der Waals surface area contributed by atoms with Crippen LogP contribution in [0.15, 0.2) is 18.2 Å². The standard InChI is InChI=1S/C15H19BrO2/c1-15(8-3-9-16)13-10-12(18-2)6-4-11(13)5-7-14(15)17/h4,6,10H,3,5,7-9H2,1-2H3. The Hall–Kier alpha value is -0.830. The van der Waals surface area contributed by atoms with Gasteiger partial charge in [0, 0.05) is 11.8 Å². The largest absolute Gasteiger partial charge is 0.497 e. The van der Waals surface area contributed by atoms with Crippen molar-refractivity contribution in [1.29, 1.82) is 0 Å². The van der Waals surface area contributed by atoms with Crippen molar-refractivity contribution in [3.63, 3.8) is 0 Å². The van der Waals surface area contributed by atoms with Crippen molar-refractivity contribution in [3.05, 3.63) is 29.3 Å². The van der Waals surface area contributed by atoms with Crippen LogP contribution in [0.4, 0.5) is 0 Å². The molecule has 1 aromatic rings. The van der Waals surface area contributed by atoms with Gasteiger partial charge < -0.3 is 4.74 Å². The second-order valence-corrected chi connectivity index (χ2v) is 5.86. The summed E-state index contributed by atoms with van der Waals surface area (Å²) in [6.07, 6.45) is 3.44. The van der Waals surface area contributed by atoms with E-state index in [4.69, 9.17) is 4.74 Å². The molecule has 1 aromatic carbocycles. The third kappa shape index (κ3) is 2.33. The number of methoxy groups -OCH3 is 1. The maximum Gasteiger partial charge on any atom is 0.143 e. The van der Waals surface area contributed by atoms with Crippen molar-refractivity contribution in [2.24, 2.45) is 0 Å². The third-order valence-electron chi connectivity index (χ3n) is 3.96. The average Bonchev–Trinajstić information content (AvgIpc) is 2.41. The normalized spacial score (nSPS) is 22.7. The number of halogens is 1. The number of aryl methyl sites for hydroxylation is 1. The summed E-state index contributed by atoms with van der Waals surface area (Å²) in [5.74, 6) is 1.21. The number of hydrogen-bond donors (Lipinski definition) is 0. The lowest BCUT2D eigenvalue weighted by Gasteiger charge is -2.34. The molecule has 0 spiro atoms. The molecule has 98 valence electrons. The number of hydrogen-bond acceptors (Lipinski definition) is 2. The van der Waals surface area contributed by atoms with Gasteiger partial charge in [0.05, 0.1) is 12.5 Å². The van der Waals surface area contributed by atoms with Crippen molar-refractivity contribution in [1.82, 2.24) is 0 Å². The Bertz CT molecular complexity index is 456. The highest BCUT2D eigenvalue weighted by atomic mass is 79.9. The zero-order valence-electron chi connectivity index (χ0n) is 11.0. The van der Waals surface area contributed by atoms with Crippen LogP contribution in [0.5, 0.6) is 5.75 Å². The number of ketones is 1. The molecule has 0 aliphatic heterocycles. The maximum atomic E-state index is 12.3. The third-order valence-corrected chi connectivity index (χ3v) is 4.52. The lowest BCUT2D eigenvalue weighted by molar-refractivity contribution is -0.124. The van der Waals surface area contributed by atoms with Gasteiger partial charge in [-0.25, -0.2) is 0 Å². The van der Waals surface area contributed by atoms with Crippen LogP contribution >= 0.6 is 15.9 Å². The monoisotopic (exact) mass is 310 g/mol. The topological polar surface area (TPSA) is 26.3 Å². The van der Waals surface area contributed by atoms with Crippen LogP contribution in [0, 0.1) is 0 Å². The number of carbonyl (C=O) groups is 1. The van der Waals surface area contributed by atoms with E-state index >= 15 is 0 Å². The minimum atomic E-state index is -0.337. The molecule has 0 radical (unpaired) electrons. The van der Waals surface area contributed by atoms with Gasteiger partial charge in [-0.1, -0.05) is 22.0 Å². The number of fused-ring (bicyclic) bond motifs is 1. The van der Waals surface area contributed by atoms with Crippen molar-refractivity contribution in [3.8, 4) is 5.75 Å². The fourth-order valence-corrected chi connectivity index (χ4v) is 3.06. The summed E-state index contributed by atoms with van der Waals surface area (Å²) < 4.78 is 5.29. The van der Waals surface area contributed by atoms with Crippen LogP contribution in [0.25, 0.3) is 0 Å². The van der Waals surface area contributed by atoms with E-state index in [1.807, 2.05) is 12.1 Å². The molecule has 3 heteroatoms. The molecule has 0 aromatic heterocycles. The Morgan fingerprint density at radius 1 is 1.39 bits per heavy atom. The molecule has 1 aliphatic rings. The van der Waals surface area contributed by atoms with Crippen molar-refractivity contribution in [2.75, 3.05) is 12.4 Å². The van der Waals surface area contributed by atoms with Gasteiger partial charge in [-0.05, 0) is 49.4 Å². The maximum absolute atomic E-state index is 12.3. The first-order valence-corrected chi connectivity index (χ1v) is 7.50. The molecule has 2 rings (SSSR count). The highest BCUT2D eigenvalue weighted by Gasteiger charge is 2.38. The quantitative estimate of drug-likeness (QED) is 0.794. The van der Waals surface area contributed by atoms with E-state index < -0.39 is 0 Å². The van der Waals surface area contributed by atoms with E-state index in [0.717, 1.165) is 30.3 Å². The highest BCUT2D eigenvalue weighted by molar-refractivity contribution is 9.09. The van der Waals surface area contributed by atoms with Gasteiger partial charge in [0.25, 0.3) is 0 Å². The van der Waals surface area contributed by atoms with E-state index in [1.165, 1.54) is 11.1 Å². The summed E-state index contributed by atoms with van der Waals surface area (Å²) in [6, 6.07) is 6.13. The first kappa shape index (κ1) is 13.6. The zero-order chi connectivity index (χ0) is 13.2. The first-order chi connectivity index (χ1) is 8.61. The fraction of sp³-hybridized carbons (Fsp3) is 0.533. The van der Waals surface area contributed by atoms with Crippen LogP contribution < -0.4 is 4.74 Å². The summed E-state index contributed by atoms with van der Waals surface area (Å²) in [5.41, 5.74) is 2.13. The van der Waals surface area contributed by atoms with Gasteiger partial charge in [0.2, 0.25) is 0 Å². The summed E-state index contributed by atoms with van der Waals surface area (Å²) in [5, 5.41) is 0.940. The van der Waals surface area contributed by atoms with Crippen molar-refractivity contribution in [2.45, 2.75) is 38.0 Å². The van der Waals surface area contributed by atoms with Crippen LogP contribution in [0.1, 0.15) is 37.3 Å². The smallest absolute Gasteiger partial charge is 0.143 e. The molecule has 0 amide bonds. The lowest BCUT2D eigenvalue weighted by Crippen LogP contribution is -2.37. The van der Waals surface area contributed by atoms with Gasteiger partial charge in [-0.3, -0.25) is 4.79 Å². The second kappa shape index (κ2) is 5.43. The van der Waals surface area contributed by atoms with Gasteiger partial charge in [0.15, 0.2) is 0 Å². The molecule has 1 unspecified atom stereocenters. The summed E-state index contributed by atoms with van der Waals surface area (Å²) in [7, 11) is 1.67. The minimum Gasteiger partial charge on any atom is -0.497 e. The fourth-order valence-electron chi connectivity index (χ4n) is 2.78. The summed E-state index contributed by atoms with van der Waals surface area (Å²) >= 11 is 3.45. The van der Waals surface area contributed by atoms with E-state index in [2.05, 4.69) is 28.9 Å². The Morgan fingerprint density at radius 2 is 2.17 bits per heavy atom. The molecule has 2 nitrogen and oxygen atoms in total. The number of alkyl halides is 1. The van der Waals surface area contributed by atoms with Gasteiger partial charge in [-0.2, -0.15) is 0 Å². The first-order valence-electron chi connectivity index (χ1n) is 6.38. The highest BCUT2D eigenvalue weighted by Crippen LogP contribution is 2.39. The number of ether oxygens (including phenoxy) is 1.